The van der Waals surface area contributed by atoms with Crippen LogP contribution in [0, 0.1) is 6.92 Å². The first-order valence-electron chi connectivity index (χ1n) is 8.87. The van der Waals surface area contributed by atoms with E-state index in [1.165, 1.54) is 19.2 Å². The Morgan fingerprint density at radius 1 is 1.14 bits per heavy atom. The molecule has 0 spiro atoms. The largest absolute Gasteiger partial charge is 1.00 e. The molecule has 0 aromatic carbocycles. The van der Waals surface area contributed by atoms with Crippen LogP contribution in [-0.4, -0.2) is 29.1 Å². The van der Waals surface area contributed by atoms with Gasteiger partial charge in [0.05, 0.1) is 17.7 Å². The van der Waals surface area contributed by atoms with Crippen molar-refractivity contribution in [3.05, 3.63) is 82.8 Å². The molecule has 3 aromatic heterocycles. The number of furan rings is 1. The number of halogens is 1. The van der Waals surface area contributed by atoms with E-state index in [2.05, 4.69) is 4.98 Å². The number of carbonyl (C=O) groups excluding carboxylic acids is 3. The third kappa shape index (κ3) is 3.75. The first kappa shape index (κ1) is 20.6. The first-order valence-corrected chi connectivity index (χ1v) is 8.87. The molecule has 1 aliphatic carbocycles. The standard InChI is InChI=1S/C21H17N2O5.BrH/c1-13-15(21(26)27-12-6-11-23-9-3-2-4-10-23)16-19(25)17-14(7-5-8-22-17)18(24)20(16)28-13;/h2-5,7-10H,6,11-12H2,1H3;1H/q+1;/p-1. The fourth-order valence-electron chi connectivity index (χ4n) is 3.24. The lowest BCUT2D eigenvalue weighted by atomic mass is 9.90. The number of hydrogen-bond acceptors (Lipinski definition) is 6. The van der Waals surface area contributed by atoms with E-state index in [0.717, 1.165) is 0 Å². The molecule has 0 fully saturated rings. The van der Waals surface area contributed by atoms with Crippen molar-refractivity contribution in [2.75, 3.05) is 6.61 Å². The number of esters is 1. The predicted molar refractivity (Wildman–Crippen MR) is 96.1 cm³/mol. The molecule has 0 saturated carbocycles. The molecule has 0 N–H and O–H groups in total. The number of ether oxygens (including phenoxy) is 1. The highest BCUT2D eigenvalue weighted by atomic mass is 79.9. The maximum Gasteiger partial charge on any atom is 0.342 e. The van der Waals surface area contributed by atoms with Crippen LogP contribution in [0.4, 0.5) is 0 Å². The summed E-state index contributed by atoms with van der Waals surface area (Å²) in [6.45, 7) is 2.40. The van der Waals surface area contributed by atoms with Gasteiger partial charge in [-0.3, -0.25) is 14.6 Å². The highest BCUT2D eigenvalue weighted by Crippen LogP contribution is 2.32. The van der Waals surface area contributed by atoms with Gasteiger partial charge in [0.2, 0.25) is 11.6 Å². The van der Waals surface area contributed by atoms with Crippen LogP contribution >= 0.6 is 0 Å². The molecular formula is C21H17BrN2O5. The molecule has 7 nitrogen and oxygen atoms in total. The summed E-state index contributed by atoms with van der Waals surface area (Å²) in [5.41, 5.74) is 0.136. The Morgan fingerprint density at radius 3 is 2.66 bits per heavy atom. The number of carbonyl (C=O) groups is 3. The van der Waals surface area contributed by atoms with E-state index >= 15 is 0 Å². The zero-order valence-electron chi connectivity index (χ0n) is 15.6. The van der Waals surface area contributed by atoms with Gasteiger partial charge < -0.3 is 26.1 Å². The molecule has 8 heteroatoms. The number of hydrogen-bond donors (Lipinski definition) is 0. The quantitative estimate of drug-likeness (QED) is 0.224. The molecule has 148 valence electrons. The van der Waals surface area contributed by atoms with Crippen LogP contribution in [0.25, 0.3) is 0 Å². The number of aromatic nitrogens is 2. The van der Waals surface area contributed by atoms with Gasteiger partial charge in [-0.2, -0.15) is 0 Å². The van der Waals surface area contributed by atoms with Gasteiger partial charge >= 0.3 is 5.97 Å². The van der Waals surface area contributed by atoms with Crippen molar-refractivity contribution < 1.29 is 45.1 Å². The number of nitrogens with zero attached hydrogens (tertiary/aromatic N) is 2. The van der Waals surface area contributed by atoms with Crippen molar-refractivity contribution in [1.82, 2.24) is 4.98 Å². The fourth-order valence-corrected chi connectivity index (χ4v) is 3.24. The van der Waals surface area contributed by atoms with E-state index in [-0.39, 0.29) is 57.5 Å². The van der Waals surface area contributed by atoms with Crippen molar-refractivity contribution in [2.45, 2.75) is 19.9 Å². The summed E-state index contributed by atoms with van der Waals surface area (Å²) < 4.78 is 12.8. The van der Waals surface area contributed by atoms with Crippen LogP contribution < -0.4 is 21.5 Å². The summed E-state index contributed by atoms with van der Waals surface area (Å²) in [5.74, 6) is -1.59. The van der Waals surface area contributed by atoms with Crippen LogP contribution in [0.15, 0.2) is 53.3 Å². The minimum Gasteiger partial charge on any atom is -1.00 e. The average Bonchev–Trinajstić information content (AvgIpc) is 3.07. The summed E-state index contributed by atoms with van der Waals surface area (Å²) in [6, 6.07) is 8.85. The smallest absolute Gasteiger partial charge is 0.342 e. The van der Waals surface area contributed by atoms with Gasteiger partial charge in [-0.05, 0) is 19.1 Å². The van der Waals surface area contributed by atoms with Gasteiger partial charge in [0.1, 0.15) is 17.0 Å². The second kappa shape index (κ2) is 8.48. The maximum absolute atomic E-state index is 12.8. The van der Waals surface area contributed by atoms with Crippen molar-refractivity contribution in [1.29, 1.82) is 0 Å². The molecule has 0 unspecified atom stereocenters. The zero-order valence-corrected chi connectivity index (χ0v) is 17.1. The lowest BCUT2D eigenvalue weighted by Gasteiger charge is -2.12. The molecule has 0 aliphatic heterocycles. The lowest BCUT2D eigenvalue weighted by Crippen LogP contribution is -3.00. The molecule has 29 heavy (non-hydrogen) atoms. The van der Waals surface area contributed by atoms with Crippen LogP contribution in [0.2, 0.25) is 0 Å². The molecule has 3 aromatic rings. The number of aryl methyl sites for hydroxylation is 2. The van der Waals surface area contributed by atoms with Crippen molar-refractivity contribution >= 4 is 17.5 Å². The van der Waals surface area contributed by atoms with Gasteiger partial charge in [-0.15, -0.1) is 0 Å². The summed E-state index contributed by atoms with van der Waals surface area (Å²) in [5, 5.41) is 0. The van der Waals surface area contributed by atoms with Crippen LogP contribution in [0.5, 0.6) is 0 Å². The van der Waals surface area contributed by atoms with E-state index < -0.39 is 17.5 Å². The Labute approximate surface area is 177 Å². The van der Waals surface area contributed by atoms with Crippen LogP contribution in [0.3, 0.4) is 0 Å². The third-order valence-electron chi connectivity index (χ3n) is 4.56. The molecule has 0 bridgehead atoms. The minimum atomic E-state index is -0.680. The first-order chi connectivity index (χ1) is 13.6. The zero-order chi connectivity index (χ0) is 19.7. The topological polar surface area (TPSA) is 90.3 Å². The average molecular weight is 457 g/mol. The van der Waals surface area contributed by atoms with E-state index in [1.807, 2.05) is 35.2 Å². The van der Waals surface area contributed by atoms with E-state index in [9.17, 15) is 14.4 Å². The summed E-state index contributed by atoms with van der Waals surface area (Å²) in [6.07, 6.45) is 5.89. The number of pyridine rings is 2. The molecule has 0 atom stereocenters. The Bertz CT molecular complexity index is 1090. The van der Waals surface area contributed by atoms with Crippen molar-refractivity contribution in [3.8, 4) is 0 Å². The number of rotatable bonds is 5. The number of ketones is 2. The Hall–Kier alpha value is -3.13. The van der Waals surface area contributed by atoms with Gasteiger partial charge in [0, 0.05) is 24.8 Å². The minimum absolute atomic E-state index is 0. The molecule has 0 radical (unpaired) electrons. The number of fused-ring (bicyclic) bond motifs is 2. The van der Waals surface area contributed by atoms with Gasteiger partial charge in [0.15, 0.2) is 24.7 Å². The molecule has 0 saturated heterocycles. The van der Waals surface area contributed by atoms with E-state index in [4.69, 9.17) is 9.15 Å². The van der Waals surface area contributed by atoms with E-state index in [0.29, 0.717) is 13.0 Å². The molecule has 0 amide bonds. The normalized spacial score (nSPS) is 12.0. The van der Waals surface area contributed by atoms with Crippen molar-refractivity contribution in [2.24, 2.45) is 0 Å². The summed E-state index contributed by atoms with van der Waals surface area (Å²) in [7, 11) is 0. The highest BCUT2D eigenvalue weighted by molar-refractivity contribution is 6.29. The Balaban J connectivity index is 0.00000240. The molecule has 1 aliphatic rings. The molecular weight excluding hydrogens is 440 g/mol. The van der Waals surface area contributed by atoms with Gasteiger partial charge in [-0.25, -0.2) is 9.36 Å². The highest BCUT2D eigenvalue weighted by Gasteiger charge is 2.39. The second-order valence-corrected chi connectivity index (χ2v) is 6.40. The SMILES string of the molecule is Cc1oc2c(c1C(=O)OCCC[n+]1ccccc1)C(=O)c1ncccc1C2=O.[Br-]. The van der Waals surface area contributed by atoms with Gasteiger partial charge in [-0.1, -0.05) is 6.07 Å². The van der Waals surface area contributed by atoms with Gasteiger partial charge in [0.25, 0.3) is 0 Å². The monoisotopic (exact) mass is 456 g/mol. The molecule has 3 heterocycles. The van der Waals surface area contributed by atoms with Crippen LogP contribution in [0.1, 0.15) is 54.7 Å². The van der Waals surface area contributed by atoms with Crippen LogP contribution in [-0.2, 0) is 11.3 Å². The molecule has 4 rings (SSSR count). The summed E-state index contributed by atoms with van der Waals surface area (Å²) >= 11 is 0. The van der Waals surface area contributed by atoms with Crippen molar-refractivity contribution in [3.63, 3.8) is 0 Å². The third-order valence-corrected chi connectivity index (χ3v) is 4.56. The van der Waals surface area contributed by atoms with E-state index in [1.54, 1.807) is 6.07 Å². The second-order valence-electron chi connectivity index (χ2n) is 6.40. The summed E-state index contributed by atoms with van der Waals surface area (Å²) in [4.78, 5) is 42.0. The Morgan fingerprint density at radius 2 is 1.90 bits per heavy atom. The predicted octanol–water partition coefficient (Wildman–Crippen LogP) is -0.703. The fraction of sp³-hybridized carbons (Fsp3) is 0.190. The maximum atomic E-state index is 12.8. The Kier molecular flexibility index (Phi) is 6.03. The lowest BCUT2D eigenvalue weighted by molar-refractivity contribution is -0.697.